The second-order valence-corrected chi connectivity index (χ2v) is 7.08. The number of aryl methyl sites for hydroxylation is 1. The van der Waals surface area contributed by atoms with Crippen molar-refractivity contribution in [1.29, 1.82) is 0 Å². The fourth-order valence-electron chi connectivity index (χ4n) is 1.84. The highest BCUT2D eigenvalue weighted by Crippen LogP contribution is 2.22. The van der Waals surface area contributed by atoms with Crippen LogP contribution in [0.15, 0.2) is 53.0 Å². The summed E-state index contributed by atoms with van der Waals surface area (Å²) >= 11 is 5.10. The molecule has 0 aliphatic carbocycles. The summed E-state index contributed by atoms with van der Waals surface area (Å²) in [6, 6.07) is 16.0. The summed E-state index contributed by atoms with van der Waals surface area (Å²) in [5.41, 5.74) is 3.19. The zero-order valence-corrected chi connectivity index (χ0v) is 14.5. The van der Waals surface area contributed by atoms with E-state index < -0.39 is 0 Å². The quantitative estimate of drug-likeness (QED) is 0.807. The molecule has 2 rings (SSSR count). The number of thioether (sulfide) groups is 1. The zero-order valence-electron chi connectivity index (χ0n) is 12.1. The van der Waals surface area contributed by atoms with Crippen LogP contribution in [0.2, 0.25) is 0 Å². The van der Waals surface area contributed by atoms with Crippen LogP contribution in [0.25, 0.3) is 0 Å². The first-order chi connectivity index (χ1) is 10.1. The number of anilines is 1. The van der Waals surface area contributed by atoms with Gasteiger partial charge in [0.1, 0.15) is 0 Å². The molecule has 1 amide bonds. The number of amides is 1. The Labute approximate surface area is 138 Å². The lowest BCUT2D eigenvalue weighted by molar-refractivity contribution is -0.115. The van der Waals surface area contributed by atoms with Crippen LogP contribution in [-0.4, -0.2) is 11.2 Å². The molecule has 0 saturated carbocycles. The first-order valence-electron chi connectivity index (χ1n) is 6.79. The maximum absolute atomic E-state index is 12.2. The van der Waals surface area contributed by atoms with E-state index in [1.165, 1.54) is 5.56 Å². The number of rotatable bonds is 5. The zero-order chi connectivity index (χ0) is 15.2. The van der Waals surface area contributed by atoms with Crippen molar-refractivity contribution in [3.05, 3.63) is 64.1 Å². The molecular weight excluding hydrogens is 346 g/mol. The summed E-state index contributed by atoms with van der Waals surface area (Å²) in [7, 11) is 0. The highest BCUT2D eigenvalue weighted by Gasteiger charge is 2.13. The van der Waals surface area contributed by atoms with Crippen LogP contribution in [-0.2, 0) is 10.5 Å². The largest absolute Gasteiger partial charge is 0.325 e. The van der Waals surface area contributed by atoms with Gasteiger partial charge in [-0.1, -0.05) is 46.3 Å². The Bertz CT molecular complexity index is 615. The summed E-state index contributed by atoms with van der Waals surface area (Å²) in [5.74, 6) is 0.882. The summed E-state index contributed by atoms with van der Waals surface area (Å²) < 4.78 is 1.05. The molecule has 0 aromatic heterocycles. The second-order valence-electron chi connectivity index (χ2n) is 4.89. The van der Waals surface area contributed by atoms with Gasteiger partial charge >= 0.3 is 0 Å². The third kappa shape index (κ3) is 4.90. The normalized spacial score (nSPS) is 12.0. The van der Waals surface area contributed by atoms with E-state index in [1.54, 1.807) is 11.8 Å². The lowest BCUT2D eigenvalue weighted by atomic mass is 10.2. The molecule has 0 radical (unpaired) electrons. The van der Waals surface area contributed by atoms with E-state index in [4.69, 9.17) is 0 Å². The number of carbonyl (C=O) groups is 1. The van der Waals surface area contributed by atoms with Gasteiger partial charge in [0, 0.05) is 15.9 Å². The van der Waals surface area contributed by atoms with Gasteiger partial charge in [0.25, 0.3) is 0 Å². The Hall–Kier alpha value is -1.26. The van der Waals surface area contributed by atoms with Crippen molar-refractivity contribution in [2.45, 2.75) is 24.9 Å². The number of carbonyl (C=O) groups excluding carboxylic acids is 1. The minimum absolute atomic E-state index is 0.0395. The van der Waals surface area contributed by atoms with E-state index in [0.717, 1.165) is 21.5 Å². The van der Waals surface area contributed by atoms with E-state index in [0.29, 0.717) is 0 Å². The summed E-state index contributed by atoms with van der Waals surface area (Å²) in [4.78, 5) is 12.2. The van der Waals surface area contributed by atoms with Gasteiger partial charge in [-0.05, 0) is 43.2 Å². The molecule has 0 aliphatic rings. The van der Waals surface area contributed by atoms with Gasteiger partial charge in [0.05, 0.1) is 5.25 Å². The molecule has 2 nitrogen and oxygen atoms in total. The molecule has 2 aromatic carbocycles. The monoisotopic (exact) mass is 363 g/mol. The average molecular weight is 364 g/mol. The highest BCUT2D eigenvalue weighted by atomic mass is 79.9. The van der Waals surface area contributed by atoms with Crippen LogP contribution in [0.5, 0.6) is 0 Å². The Balaban J connectivity index is 1.89. The number of hydrogen-bond donors (Lipinski definition) is 1. The van der Waals surface area contributed by atoms with Crippen LogP contribution in [0, 0.1) is 6.92 Å². The summed E-state index contributed by atoms with van der Waals surface area (Å²) in [6.45, 7) is 3.95. The fourth-order valence-corrected chi connectivity index (χ4v) is 2.93. The Morgan fingerprint density at radius 1 is 1.24 bits per heavy atom. The molecule has 1 atom stereocenters. The molecule has 0 spiro atoms. The van der Waals surface area contributed by atoms with Crippen molar-refractivity contribution in [3.63, 3.8) is 0 Å². The number of nitrogens with one attached hydrogen (secondary N) is 1. The molecule has 0 fully saturated rings. The molecule has 2 aromatic rings. The van der Waals surface area contributed by atoms with Gasteiger partial charge < -0.3 is 5.32 Å². The van der Waals surface area contributed by atoms with Crippen molar-refractivity contribution in [2.24, 2.45) is 0 Å². The van der Waals surface area contributed by atoms with E-state index in [9.17, 15) is 4.79 Å². The standard InChI is InChI=1S/C17H18BrNOS/c1-12-10-15(8-9-16(12)18)19-17(20)13(2)21-11-14-6-4-3-5-7-14/h3-10,13H,11H2,1-2H3,(H,19,20)/t13-/m0/s1. The smallest absolute Gasteiger partial charge is 0.237 e. The first kappa shape index (κ1) is 16.1. The summed E-state index contributed by atoms with van der Waals surface area (Å²) in [5, 5.41) is 2.88. The molecule has 0 saturated heterocycles. The van der Waals surface area contributed by atoms with Crippen molar-refractivity contribution in [3.8, 4) is 0 Å². The lowest BCUT2D eigenvalue weighted by Crippen LogP contribution is -2.22. The number of hydrogen-bond acceptors (Lipinski definition) is 2. The maximum atomic E-state index is 12.2. The van der Waals surface area contributed by atoms with Crippen LogP contribution in [0.4, 0.5) is 5.69 Å². The van der Waals surface area contributed by atoms with Crippen LogP contribution in [0.3, 0.4) is 0 Å². The lowest BCUT2D eigenvalue weighted by Gasteiger charge is -2.13. The van der Waals surface area contributed by atoms with Crippen molar-refractivity contribution in [1.82, 2.24) is 0 Å². The molecule has 4 heteroatoms. The first-order valence-corrected chi connectivity index (χ1v) is 8.63. The molecule has 0 heterocycles. The van der Waals surface area contributed by atoms with Gasteiger partial charge in [-0.15, -0.1) is 11.8 Å². The Kier molecular flexibility index (Phi) is 5.88. The van der Waals surface area contributed by atoms with Crippen LogP contribution in [0.1, 0.15) is 18.1 Å². The van der Waals surface area contributed by atoms with Gasteiger partial charge in [-0.25, -0.2) is 0 Å². The topological polar surface area (TPSA) is 29.1 Å². The van der Waals surface area contributed by atoms with Gasteiger partial charge in [-0.3, -0.25) is 4.79 Å². The molecule has 1 N–H and O–H groups in total. The predicted octanol–water partition coefficient (Wildman–Crippen LogP) is 5.02. The van der Waals surface area contributed by atoms with Crippen LogP contribution >= 0.6 is 27.7 Å². The van der Waals surface area contributed by atoms with E-state index in [2.05, 4.69) is 33.4 Å². The molecule has 0 aliphatic heterocycles. The van der Waals surface area contributed by atoms with Crippen molar-refractivity contribution < 1.29 is 4.79 Å². The second kappa shape index (κ2) is 7.66. The van der Waals surface area contributed by atoms with Gasteiger partial charge in [0.15, 0.2) is 0 Å². The minimum Gasteiger partial charge on any atom is -0.325 e. The highest BCUT2D eigenvalue weighted by molar-refractivity contribution is 9.10. The molecule has 21 heavy (non-hydrogen) atoms. The number of benzene rings is 2. The van der Waals surface area contributed by atoms with Gasteiger partial charge in [-0.2, -0.15) is 0 Å². The molecule has 110 valence electrons. The third-order valence-corrected chi connectivity index (χ3v) is 5.24. The third-order valence-electron chi connectivity index (χ3n) is 3.14. The maximum Gasteiger partial charge on any atom is 0.237 e. The average Bonchev–Trinajstić information content (AvgIpc) is 2.49. The van der Waals surface area contributed by atoms with E-state index >= 15 is 0 Å². The van der Waals surface area contributed by atoms with Crippen LogP contribution < -0.4 is 5.32 Å². The SMILES string of the molecule is Cc1cc(NC(=O)[C@H](C)SCc2ccccc2)ccc1Br. The van der Waals surface area contributed by atoms with Crippen molar-refractivity contribution >= 4 is 39.3 Å². The molecule has 0 bridgehead atoms. The number of halogens is 1. The van der Waals surface area contributed by atoms with Crippen molar-refractivity contribution in [2.75, 3.05) is 5.32 Å². The molecular formula is C17H18BrNOS. The van der Waals surface area contributed by atoms with E-state index in [-0.39, 0.29) is 11.2 Å². The summed E-state index contributed by atoms with van der Waals surface area (Å²) in [6.07, 6.45) is 0. The minimum atomic E-state index is -0.0887. The fraction of sp³-hybridized carbons (Fsp3) is 0.235. The Morgan fingerprint density at radius 2 is 1.95 bits per heavy atom. The Morgan fingerprint density at radius 3 is 2.62 bits per heavy atom. The van der Waals surface area contributed by atoms with E-state index in [1.807, 2.05) is 50.2 Å². The predicted molar refractivity (Wildman–Crippen MR) is 94.7 cm³/mol. The molecule has 0 unspecified atom stereocenters. The van der Waals surface area contributed by atoms with Gasteiger partial charge in [0.2, 0.25) is 5.91 Å².